The van der Waals surface area contributed by atoms with E-state index in [1.165, 1.54) is 33.6 Å². The number of hydrogen-bond acceptors (Lipinski definition) is 7. The third-order valence-corrected chi connectivity index (χ3v) is 7.12. The second kappa shape index (κ2) is 10.2. The molecule has 7 nitrogen and oxygen atoms in total. The van der Waals surface area contributed by atoms with Gasteiger partial charge in [0.25, 0.3) is 11.5 Å². The van der Waals surface area contributed by atoms with Crippen LogP contribution in [-0.4, -0.2) is 31.6 Å². The summed E-state index contributed by atoms with van der Waals surface area (Å²) in [5.74, 6) is -0.447. The molecular formula is C27H20FN3O4S2. The molecule has 2 aromatic carbocycles. The summed E-state index contributed by atoms with van der Waals surface area (Å²) in [6, 6.07) is 16.7. The van der Waals surface area contributed by atoms with Gasteiger partial charge in [-0.2, -0.15) is 4.98 Å². The standard InChI is InChI=1S/C27H20FN3O4S2/c1-16-6-5-13-30-23(16)29-24(35-21-8-4-3-7-20(21)28)19(25(30)32)14-22-26(33)31(27(36)37-22)15-17-9-11-18(34-2)12-10-17/h3-14H,15H2,1-2H3/b22-14+. The molecule has 0 atom stereocenters. The van der Waals surface area contributed by atoms with Crippen LogP contribution in [0.3, 0.4) is 0 Å². The van der Waals surface area contributed by atoms with E-state index in [9.17, 15) is 14.0 Å². The molecule has 186 valence electrons. The van der Waals surface area contributed by atoms with E-state index in [1.807, 2.05) is 12.1 Å². The van der Waals surface area contributed by atoms with Crippen LogP contribution in [0.15, 0.2) is 76.6 Å². The number of pyridine rings is 1. The molecule has 0 spiro atoms. The number of rotatable bonds is 6. The first-order valence-corrected chi connectivity index (χ1v) is 12.4. The third kappa shape index (κ3) is 4.85. The van der Waals surface area contributed by atoms with Crippen LogP contribution in [0, 0.1) is 12.7 Å². The maximum atomic E-state index is 14.4. The van der Waals surface area contributed by atoms with Gasteiger partial charge in [-0.15, -0.1) is 0 Å². The van der Waals surface area contributed by atoms with Gasteiger partial charge in [0.1, 0.15) is 21.3 Å². The Balaban J connectivity index is 1.56. The molecule has 0 aliphatic carbocycles. The molecule has 1 saturated heterocycles. The lowest BCUT2D eigenvalue weighted by Gasteiger charge is -2.14. The van der Waals surface area contributed by atoms with Gasteiger partial charge in [0.05, 0.1) is 18.6 Å². The topological polar surface area (TPSA) is 73.1 Å². The zero-order valence-electron chi connectivity index (χ0n) is 19.8. The van der Waals surface area contributed by atoms with Crippen molar-refractivity contribution in [1.29, 1.82) is 0 Å². The van der Waals surface area contributed by atoms with Gasteiger partial charge >= 0.3 is 0 Å². The monoisotopic (exact) mass is 533 g/mol. The zero-order chi connectivity index (χ0) is 26.1. The number of ether oxygens (including phenoxy) is 2. The number of methoxy groups -OCH3 is 1. The number of carbonyl (C=O) groups is 1. The summed E-state index contributed by atoms with van der Waals surface area (Å²) >= 11 is 6.54. The Morgan fingerprint density at radius 1 is 1.08 bits per heavy atom. The molecule has 1 aliphatic heterocycles. The summed E-state index contributed by atoms with van der Waals surface area (Å²) in [4.78, 5) is 33.0. The maximum absolute atomic E-state index is 14.4. The Morgan fingerprint density at radius 2 is 1.84 bits per heavy atom. The van der Waals surface area contributed by atoms with Crippen LogP contribution >= 0.6 is 24.0 Å². The lowest BCUT2D eigenvalue weighted by atomic mass is 10.2. The largest absolute Gasteiger partial charge is 0.497 e. The minimum Gasteiger partial charge on any atom is -0.497 e. The summed E-state index contributed by atoms with van der Waals surface area (Å²) in [5, 5.41) is 0. The highest BCUT2D eigenvalue weighted by Gasteiger charge is 2.33. The highest BCUT2D eigenvalue weighted by atomic mass is 32.2. The molecule has 3 heterocycles. The molecular weight excluding hydrogens is 513 g/mol. The van der Waals surface area contributed by atoms with Gasteiger partial charge in [0.15, 0.2) is 11.6 Å². The van der Waals surface area contributed by atoms with E-state index in [1.54, 1.807) is 50.6 Å². The molecule has 0 bridgehead atoms. The van der Waals surface area contributed by atoms with Gasteiger partial charge in [-0.1, -0.05) is 54.3 Å². The normalized spacial score (nSPS) is 14.6. The van der Waals surface area contributed by atoms with E-state index in [-0.39, 0.29) is 34.6 Å². The minimum atomic E-state index is -0.606. The van der Waals surface area contributed by atoms with Gasteiger partial charge in [-0.25, -0.2) is 4.39 Å². The molecule has 10 heteroatoms. The van der Waals surface area contributed by atoms with Gasteiger partial charge in [0.2, 0.25) is 5.88 Å². The molecule has 1 fully saturated rings. The maximum Gasteiger partial charge on any atom is 0.269 e. The summed E-state index contributed by atoms with van der Waals surface area (Å²) in [6.07, 6.45) is 2.99. The highest BCUT2D eigenvalue weighted by molar-refractivity contribution is 8.26. The summed E-state index contributed by atoms with van der Waals surface area (Å²) < 4.78 is 27.1. The van der Waals surface area contributed by atoms with E-state index >= 15 is 0 Å². The second-order valence-corrected chi connectivity index (χ2v) is 9.84. The summed E-state index contributed by atoms with van der Waals surface area (Å²) in [5.41, 5.74) is 1.51. The average molecular weight is 534 g/mol. The van der Waals surface area contributed by atoms with Crippen molar-refractivity contribution in [3.05, 3.63) is 105 Å². The molecule has 0 N–H and O–H groups in total. The van der Waals surface area contributed by atoms with Gasteiger partial charge in [-0.05, 0) is 54.5 Å². The fourth-order valence-corrected chi connectivity index (χ4v) is 5.04. The number of amides is 1. The van der Waals surface area contributed by atoms with Crippen molar-refractivity contribution < 1.29 is 18.7 Å². The number of benzene rings is 2. The van der Waals surface area contributed by atoms with Crippen LogP contribution in [0.1, 0.15) is 16.7 Å². The number of fused-ring (bicyclic) bond motifs is 1. The van der Waals surface area contributed by atoms with Crippen molar-refractivity contribution >= 4 is 45.9 Å². The van der Waals surface area contributed by atoms with Crippen LogP contribution < -0.4 is 15.0 Å². The molecule has 4 aromatic rings. The average Bonchev–Trinajstić information content (AvgIpc) is 3.16. The zero-order valence-corrected chi connectivity index (χ0v) is 21.4. The number of nitrogens with zero attached hydrogens (tertiary/aromatic N) is 3. The van der Waals surface area contributed by atoms with Crippen molar-refractivity contribution in [2.75, 3.05) is 7.11 Å². The van der Waals surface area contributed by atoms with Crippen molar-refractivity contribution in [3.8, 4) is 17.4 Å². The van der Waals surface area contributed by atoms with Gasteiger partial charge < -0.3 is 9.47 Å². The Labute approximate surface area is 221 Å². The predicted molar refractivity (Wildman–Crippen MR) is 144 cm³/mol. The summed E-state index contributed by atoms with van der Waals surface area (Å²) in [6.45, 7) is 2.07. The fraction of sp³-hybridized carbons (Fsp3) is 0.111. The quantitative estimate of drug-likeness (QED) is 0.245. The smallest absolute Gasteiger partial charge is 0.269 e. The number of para-hydroxylation sites is 1. The number of thiocarbonyl (C=S) groups is 1. The van der Waals surface area contributed by atoms with E-state index in [0.717, 1.165) is 22.9 Å². The van der Waals surface area contributed by atoms with E-state index in [0.29, 0.717) is 15.7 Å². The molecule has 1 amide bonds. The minimum absolute atomic E-state index is 0.0105. The summed E-state index contributed by atoms with van der Waals surface area (Å²) in [7, 11) is 1.58. The van der Waals surface area contributed by atoms with Crippen LogP contribution in [0.5, 0.6) is 17.4 Å². The molecule has 0 radical (unpaired) electrons. The molecule has 2 aromatic heterocycles. The van der Waals surface area contributed by atoms with E-state index in [2.05, 4.69) is 4.98 Å². The number of aromatic nitrogens is 2. The lowest BCUT2D eigenvalue weighted by Crippen LogP contribution is -2.27. The number of carbonyl (C=O) groups excluding carboxylic acids is 1. The van der Waals surface area contributed by atoms with Gasteiger partial charge in [-0.3, -0.25) is 18.9 Å². The number of aryl methyl sites for hydroxylation is 1. The Kier molecular flexibility index (Phi) is 6.77. The van der Waals surface area contributed by atoms with Crippen LogP contribution in [-0.2, 0) is 11.3 Å². The SMILES string of the molecule is COc1ccc(CN2C(=O)/C(=C\c3c(Oc4ccccc4F)nc4c(C)cccn4c3=O)SC2=S)cc1. The molecule has 0 unspecified atom stereocenters. The van der Waals surface area contributed by atoms with Crippen LogP contribution in [0.4, 0.5) is 4.39 Å². The predicted octanol–water partition coefficient (Wildman–Crippen LogP) is 5.34. The Bertz CT molecular complexity index is 1630. The highest BCUT2D eigenvalue weighted by Crippen LogP contribution is 2.35. The first kappa shape index (κ1) is 24.7. The Morgan fingerprint density at radius 3 is 2.57 bits per heavy atom. The van der Waals surface area contributed by atoms with Crippen LogP contribution in [0.25, 0.3) is 11.7 Å². The van der Waals surface area contributed by atoms with Crippen LogP contribution in [0.2, 0.25) is 0 Å². The molecule has 1 aliphatic rings. The molecule has 0 saturated carbocycles. The molecule has 37 heavy (non-hydrogen) atoms. The number of hydrogen-bond donors (Lipinski definition) is 0. The van der Waals surface area contributed by atoms with Gasteiger partial charge in [0, 0.05) is 6.20 Å². The van der Waals surface area contributed by atoms with Crippen molar-refractivity contribution in [2.45, 2.75) is 13.5 Å². The molecule has 5 rings (SSSR count). The third-order valence-electron chi connectivity index (χ3n) is 5.74. The first-order valence-electron chi connectivity index (χ1n) is 11.2. The van der Waals surface area contributed by atoms with Crippen molar-refractivity contribution in [1.82, 2.24) is 14.3 Å². The van der Waals surface area contributed by atoms with E-state index in [4.69, 9.17) is 21.7 Å². The first-order chi connectivity index (χ1) is 17.9. The second-order valence-electron chi connectivity index (χ2n) is 8.17. The van der Waals surface area contributed by atoms with E-state index < -0.39 is 11.4 Å². The van der Waals surface area contributed by atoms with Crippen molar-refractivity contribution in [2.24, 2.45) is 0 Å². The fourth-order valence-electron chi connectivity index (χ4n) is 3.81. The van der Waals surface area contributed by atoms with Crippen molar-refractivity contribution in [3.63, 3.8) is 0 Å². The lowest BCUT2D eigenvalue weighted by molar-refractivity contribution is -0.122. The number of thioether (sulfide) groups is 1. The Hall–Kier alpha value is -4.02. The number of halogens is 1.